The molecule has 1 heterocycles. The van der Waals surface area contributed by atoms with Gasteiger partial charge in [0.2, 0.25) is 11.8 Å². The Kier molecular flexibility index (Phi) is 6.02. The van der Waals surface area contributed by atoms with E-state index in [1.54, 1.807) is 36.4 Å². The number of carbonyl (C=O) groups is 2. The van der Waals surface area contributed by atoms with E-state index in [0.717, 1.165) is 11.8 Å². The zero-order chi connectivity index (χ0) is 17.5. The molecular weight excluding hydrogens is 330 g/mol. The van der Waals surface area contributed by atoms with Crippen LogP contribution in [0.15, 0.2) is 47.6 Å². The maximum absolute atomic E-state index is 12.1. The third-order valence-electron chi connectivity index (χ3n) is 2.93. The smallest absolute Gasteiger partial charge is 0.251 e. The van der Waals surface area contributed by atoms with Crippen molar-refractivity contribution in [1.29, 1.82) is 0 Å². The molecular formula is C16H17N3O4S. The van der Waals surface area contributed by atoms with Crippen LogP contribution in [-0.4, -0.2) is 24.7 Å². The number of carbonyl (C=O) groups excluding carboxylic acids is 2. The summed E-state index contributed by atoms with van der Waals surface area (Å²) in [5.74, 6) is 0.0417. The van der Waals surface area contributed by atoms with Gasteiger partial charge in [0.25, 0.3) is 5.03 Å². The Morgan fingerprint density at radius 1 is 1.25 bits per heavy atom. The number of thioether (sulfide) groups is 1. The predicted octanol–water partition coefficient (Wildman–Crippen LogP) is 2.02. The highest BCUT2D eigenvalue weighted by Crippen LogP contribution is 2.28. The molecule has 126 valence electrons. The second-order valence-corrected chi connectivity index (χ2v) is 5.79. The van der Waals surface area contributed by atoms with Crippen LogP contribution in [0.2, 0.25) is 0 Å². The summed E-state index contributed by atoms with van der Waals surface area (Å²) in [5, 5.41) is 17.3. The Morgan fingerprint density at radius 2 is 2.04 bits per heavy atom. The van der Waals surface area contributed by atoms with Gasteiger partial charge in [0, 0.05) is 24.7 Å². The number of aromatic nitrogens is 1. The molecule has 0 aliphatic rings. The van der Waals surface area contributed by atoms with E-state index in [0.29, 0.717) is 26.9 Å². The standard InChI is InChI=1S/C16H17N3O4S/c1-11(20)17-12-6-7-14(23-2)13(9-12)18-15(21)10-24-16-5-3-4-8-19(16)22/h3-9H,10H2,1-2H3,(H,17,20)(H,18,21). The van der Waals surface area contributed by atoms with Gasteiger partial charge in [-0.2, -0.15) is 4.73 Å². The number of benzene rings is 1. The number of hydrogen-bond acceptors (Lipinski definition) is 5. The fraction of sp³-hybridized carbons (Fsp3) is 0.188. The van der Waals surface area contributed by atoms with Crippen LogP contribution in [0.4, 0.5) is 11.4 Å². The fourth-order valence-electron chi connectivity index (χ4n) is 1.94. The molecule has 1 aromatic carbocycles. The zero-order valence-electron chi connectivity index (χ0n) is 13.2. The average Bonchev–Trinajstić information content (AvgIpc) is 2.54. The number of nitrogens with zero attached hydrogens (tertiary/aromatic N) is 1. The van der Waals surface area contributed by atoms with Crippen LogP contribution in [0.5, 0.6) is 5.75 Å². The van der Waals surface area contributed by atoms with Crippen LogP contribution in [0.1, 0.15) is 6.92 Å². The van der Waals surface area contributed by atoms with E-state index in [2.05, 4.69) is 10.6 Å². The topological polar surface area (TPSA) is 94.4 Å². The Bertz CT molecular complexity index is 752. The summed E-state index contributed by atoms with van der Waals surface area (Å²) in [6.07, 6.45) is 1.38. The Balaban J connectivity index is 2.04. The second-order valence-electron chi connectivity index (χ2n) is 4.80. The molecule has 0 unspecified atom stereocenters. The van der Waals surface area contributed by atoms with Crippen molar-refractivity contribution in [3.05, 3.63) is 47.8 Å². The lowest BCUT2D eigenvalue weighted by molar-refractivity contribution is -0.645. The lowest BCUT2D eigenvalue weighted by Gasteiger charge is -2.12. The van der Waals surface area contributed by atoms with Crippen LogP contribution in [0.25, 0.3) is 0 Å². The molecule has 0 aliphatic carbocycles. The summed E-state index contributed by atoms with van der Waals surface area (Å²) >= 11 is 1.13. The maximum Gasteiger partial charge on any atom is 0.251 e. The van der Waals surface area contributed by atoms with E-state index in [1.165, 1.54) is 20.2 Å². The summed E-state index contributed by atoms with van der Waals surface area (Å²) in [7, 11) is 1.49. The van der Waals surface area contributed by atoms with Gasteiger partial charge in [-0.3, -0.25) is 9.59 Å². The minimum Gasteiger partial charge on any atom is -0.618 e. The largest absolute Gasteiger partial charge is 0.618 e. The molecule has 0 radical (unpaired) electrons. The summed E-state index contributed by atoms with van der Waals surface area (Å²) in [5.41, 5.74) is 0.990. The lowest BCUT2D eigenvalue weighted by atomic mass is 10.2. The quantitative estimate of drug-likeness (QED) is 0.474. The van der Waals surface area contributed by atoms with Crippen molar-refractivity contribution in [2.24, 2.45) is 0 Å². The Labute approximate surface area is 143 Å². The van der Waals surface area contributed by atoms with Crippen molar-refractivity contribution in [2.75, 3.05) is 23.5 Å². The minimum absolute atomic E-state index is 0.0692. The van der Waals surface area contributed by atoms with E-state index < -0.39 is 0 Å². The monoisotopic (exact) mass is 347 g/mol. The van der Waals surface area contributed by atoms with Crippen molar-refractivity contribution in [2.45, 2.75) is 11.9 Å². The molecule has 2 amide bonds. The summed E-state index contributed by atoms with van der Waals surface area (Å²) in [6.45, 7) is 1.40. The number of amides is 2. The molecule has 7 nitrogen and oxygen atoms in total. The van der Waals surface area contributed by atoms with Crippen molar-refractivity contribution < 1.29 is 19.1 Å². The molecule has 0 fully saturated rings. The molecule has 0 aliphatic heterocycles. The van der Waals surface area contributed by atoms with Gasteiger partial charge in [0.05, 0.1) is 18.6 Å². The molecule has 0 bridgehead atoms. The summed E-state index contributed by atoms with van der Waals surface area (Å²) in [4.78, 5) is 23.2. The van der Waals surface area contributed by atoms with Crippen molar-refractivity contribution in [1.82, 2.24) is 0 Å². The minimum atomic E-state index is -0.290. The number of anilines is 2. The highest BCUT2D eigenvalue weighted by molar-refractivity contribution is 7.99. The molecule has 0 spiro atoms. The van der Waals surface area contributed by atoms with Gasteiger partial charge in [0.1, 0.15) is 5.75 Å². The van der Waals surface area contributed by atoms with Gasteiger partial charge in [-0.05, 0) is 36.0 Å². The highest BCUT2D eigenvalue weighted by atomic mass is 32.2. The number of ether oxygens (including phenoxy) is 1. The van der Waals surface area contributed by atoms with Gasteiger partial charge in [-0.25, -0.2) is 0 Å². The first-order valence-electron chi connectivity index (χ1n) is 7.06. The van der Waals surface area contributed by atoms with Crippen LogP contribution in [0.3, 0.4) is 0 Å². The summed E-state index contributed by atoms with van der Waals surface area (Å²) in [6, 6.07) is 9.93. The molecule has 0 saturated heterocycles. The van der Waals surface area contributed by atoms with E-state index in [-0.39, 0.29) is 17.6 Å². The van der Waals surface area contributed by atoms with Crippen LogP contribution >= 0.6 is 11.8 Å². The first-order valence-corrected chi connectivity index (χ1v) is 8.04. The molecule has 24 heavy (non-hydrogen) atoms. The first kappa shape index (κ1) is 17.6. The second kappa shape index (κ2) is 8.21. The van der Waals surface area contributed by atoms with E-state index in [9.17, 15) is 14.8 Å². The Morgan fingerprint density at radius 3 is 2.71 bits per heavy atom. The zero-order valence-corrected chi connectivity index (χ0v) is 14.1. The molecule has 0 saturated carbocycles. The predicted molar refractivity (Wildman–Crippen MR) is 92.1 cm³/mol. The van der Waals surface area contributed by atoms with Gasteiger partial charge in [0.15, 0.2) is 6.20 Å². The Hall–Kier alpha value is -2.74. The number of methoxy groups -OCH3 is 1. The highest BCUT2D eigenvalue weighted by Gasteiger charge is 2.12. The van der Waals surface area contributed by atoms with Crippen molar-refractivity contribution in [3.63, 3.8) is 0 Å². The van der Waals surface area contributed by atoms with E-state index >= 15 is 0 Å². The lowest BCUT2D eigenvalue weighted by Crippen LogP contribution is -2.28. The number of rotatable bonds is 6. The van der Waals surface area contributed by atoms with Crippen LogP contribution < -0.4 is 20.1 Å². The first-order chi connectivity index (χ1) is 11.5. The molecule has 8 heteroatoms. The number of pyridine rings is 1. The molecule has 2 rings (SSSR count). The average molecular weight is 347 g/mol. The van der Waals surface area contributed by atoms with Gasteiger partial charge in [-0.1, -0.05) is 0 Å². The SMILES string of the molecule is COc1ccc(NC(C)=O)cc1NC(=O)CSc1cccc[n+]1[O-]. The molecule has 1 aromatic heterocycles. The van der Waals surface area contributed by atoms with Gasteiger partial charge in [-0.15, -0.1) is 0 Å². The van der Waals surface area contributed by atoms with Gasteiger partial charge < -0.3 is 20.6 Å². The molecule has 2 N–H and O–H groups in total. The van der Waals surface area contributed by atoms with Crippen LogP contribution in [-0.2, 0) is 9.59 Å². The third-order valence-corrected chi connectivity index (χ3v) is 3.95. The maximum atomic E-state index is 12.1. The normalized spacial score (nSPS) is 10.1. The van der Waals surface area contributed by atoms with Crippen molar-refractivity contribution in [3.8, 4) is 5.75 Å². The number of nitrogens with one attached hydrogen (secondary N) is 2. The van der Waals surface area contributed by atoms with Crippen molar-refractivity contribution >= 4 is 35.0 Å². The molecule has 0 atom stereocenters. The van der Waals surface area contributed by atoms with E-state index in [4.69, 9.17) is 4.74 Å². The molecule has 2 aromatic rings. The van der Waals surface area contributed by atoms with Crippen LogP contribution in [0, 0.1) is 5.21 Å². The van der Waals surface area contributed by atoms with Gasteiger partial charge >= 0.3 is 0 Å². The third kappa shape index (κ3) is 4.88. The number of hydrogen-bond donors (Lipinski definition) is 2. The fourth-order valence-corrected chi connectivity index (χ4v) is 2.65. The van der Waals surface area contributed by atoms with E-state index in [1.807, 2.05) is 0 Å². The summed E-state index contributed by atoms with van der Waals surface area (Å²) < 4.78 is 5.90.